The van der Waals surface area contributed by atoms with E-state index in [-0.39, 0.29) is 18.6 Å². The zero-order valence-electron chi connectivity index (χ0n) is 9.52. The lowest BCUT2D eigenvalue weighted by molar-refractivity contribution is 0.0930. The fourth-order valence-electron chi connectivity index (χ4n) is 1.32. The van der Waals surface area contributed by atoms with Crippen LogP contribution in [0.1, 0.15) is 16.9 Å². The Morgan fingerprint density at radius 3 is 2.94 bits per heavy atom. The maximum Gasteiger partial charge on any atom is 0.270 e. The third kappa shape index (κ3) is 4.93. The summed E-state index contributed by atoms with van der Waals surface area (Å²) in [6, 6.07) is 3.16. The van der Waals surface area contributed by atoms with E-state index in [0.717, 1.165) is 5.75 Å². The van der Waals surface area contributed by atoms with Crippen LogP contribution in [0.15, 0.2) is 18.3 Å². The molecule has 0 spiro atoms. The average molecular weight is 275 g/mol. The van der Waals surface area contributed by atoms with Gasteiger partial charge in [-0.1, -0.05) is 11.6 Å². The molecule has 4 nitrogen and oxygen atoms in total. The van der Waals surface area contributed by atoms with Crippen molar-refractivity contribution in [1.29, 1.82) is 0 Å². The number of hydrogen-bond acceptors (Lipinski definition) is 4. The number of thioether (sulfide) groups is 1. The van der Waals surface area contributed by atoms with Crippen LogP contribution in [-0.4, -0.2) is 40.7 Å². The lowest BCUT2D eigenvalue weighted by Crippen LogP contribution is -2.37. The van der Waals surface area contributed by atoms with Gasteiger partial charge < -0.3 is 10.4 Å². The minimum absolute atomic E-state index is 0.0417. The van der Waals surface area contributed by atoms with Crippen LogP contribution < -0.4 is 5.32 Å². The monoisotopic (exact) mass is 274 g/mol. The van der Waals surface area contributed by atoms with Crippen LogP contribution in [0.4, 0.5) is 0 Å². The minimum atomic E-state index is -0.242. The number of hydrogen-bond donors (Lipinski definition) is 2. The van der Waals surface area contributed by atoms with Crippen molar-refractivity contribution in [2.75, 3.05) is 18.6 Å². The molecule has 1 aromatic heterocycles. The first-order chi connectivity index (χ1) is 8.17. The summed E-state index contributed by atoms with van der Waals surface area (Å²) in [6.07, 6.45) is 3.93. The van der Waals surface area contributed by atoms with Gasteiger partial charge in [0.25, 0.3) is 5.91 Å². The zero-order chi connectivity index (χ0) is 12.7. The van der Waals surface area contributed by atoms with Gasteiger partial charge in [-0.2, -0.15) is 11.8 Å². The van der Waals surface area contributed by atoms with E-state index in [0.29, 0.717) is 17.1 Å². The van der Waals surface area contributed by atoms with Gasteiger partial charge >= 0.3 is 0 Å². The Hall–Kier alpha value is -0.780. The van der Waals surface area contributed by atoms with Crippen molar-refractivity contribution in [2.45, 2.75) is 12.5 Å². The van der Waals surface area contributed by atoms with Gasteiger partial charge in [-0.25, -0.2) is 4.98 Å². The van der Waals surface area contributed by atoms with E-state index >= 15 is 0 Å². The summed E-state index contributed by atoms with van der Waals surface area (Å²) >= 11 is 7.31. The van der Waals surface area contributed by atoms with Gasteiger partial charge in [0.05, 0.1) is 5.02 Å². The molecule has 17 heavy (non-hydrogen) atoms. The van der Waals surface area contributed by atoms with Crippen molar-refractivity contribution in [1.82, 2.24) is 10.3 Å². The number of aromatic nitrogens is 1. The van der Waals surface area contributed by atoms with Crippen LogP contribution in [0, 0.1) is 0 Å². The number of amides is 1. The molecule has 6 heteroatoms. The topological polar surface area (TPSA) is 62.2 Å². The van der Waals surface area contributed by atoms with Gasteiger partial charge in [-0.05, 0) is 24.8 Å². The lowest BCUT2D eigenvalue weighted by Gasteiger charge is -2.16. The van der Waals surface area contributed by atoms with E-state index in [2.05, 4.69) is 10.3 Å². The highest BCUT2D eigenvalue weighted by atomic mass is 35.5. The van der Waals surface area contributed by atoms with Crippen molar-refractivity contribution >= 4 is 29.3 Å². The number of nitrogens with zero attached hydrogens (tertiary/aromatic N) is 1. The molecule has 0 aliphatic heterocycles. The zero-order valence-corrected chi connectivity index (χ0v) is 11.1. The van der Waals surface area contributed by atoms with Crippen molar-refractivity contribution in [3.8, 4) is 0 Å². The smallest absolute Gasteiger partial charge is 0.270 e. The summed E-state index contributed by atoms with van der Waals surface area (Å²) in [5.41, 5.74) is 0.332. The van der Waals surface area contributed by atoms with Crippen LogP contribution in [-0.2, 0) is 0 Å². The molecule has 0 fully saturated rings. The molecular formula is C11H15ClN2O2S. The first-order valence-corrected chi connectivity index (χ1v) is 6.96. The molecule has 1 amide bonds. The molecule has 0 aliphatic rings. The largest absolute Gasteiger partial charge is 0.396 e. The number of aliphatic hydroxyl groups is 1. The van der Waals surface area contributed by atoms with E-state index in [1.165, 1.54) is 6.20 Å². The molecule has 1 heterocycles. The third-order valence-electron chi connectivity index (χ3n) is 2.14. The van der Waals surface area contributed by atoms with E-state index in [4.69, 9.17) is 16.7 Å². The Morgan fingerprint density at radius 1 is 1.65 bits per heavy atom. The standard InChI is InChI=1S/C11H15ClN2O2S/c1-17-7-9(4-5-15)14-11(16)10-3-2-8(12)6-13-10/h2-3,6,9,15H,4-5,7H2,1H3,(H,14,16)/t9-/m0/s1. The molecule has 0 saturated carbocycles. The van der Waals surface area contributed by atoms with Crippen LogP contribution in [0.3, 0.4) is 0 Å². The van der Waals surface area contributed by atoms with E-state index in [9.17, 15) is 4.79 Å². The molecule has 0 saturated heterocycles. The number of rotatable bonds is 6. The predicted molar refractivity (Wildman–Crippen MR) is 70.6 cm³/mol. The van der Waals surface area contributed by atoms with Crippen LogP contribution in [0.25, 0.3) is 0 Å². The van der Waals surface area contributed by atoms with Crippen molar-refractivity contribution in [3.63, 3.8) is 0 Å². The second-order valence-corrected chi connectivity index (χ2v) is 4.85. The molecule has 0 unspecified atom stereocenters. The maximum atomic E-state index is 11.8. The Labute approximate surface area is 110 Å². The molecule has 94 valence electrons. The van der Waals surface area contributed by atoms with E-state index in [1.54, 1.807) is 23.9 Å². The molecule has 0 bridgehead atoms. The molecule has 1 aromatic rings. The van der Waals surface area contributed by atoms with Gasteiger partial charge in [0.1, 0.15) is 5.69 Å². The first kappa shape index (κ1) is 14.3. The summed E-state index contributed by atoms with van der Waals surface area (Å²) < 4.78 is 0. The van der Waals surface area contributed by atoms with Crippen LogP contribution >= 0.6 is 23.4 Å². The normalized spacial score (nSPS) is 12.2. The SMILES string of the molecule is CSC[C@H](CCO)NC(=O)c1ccc(Cl)cn1. The van der Waals surface area contributed by atoms with Crippen molar-refractivity contribution < 1.29 is 9.90 Å². The summed E-state index contributed by atoms with van der Waals surface area (Å²) in [5, 5.41) is 12.2. The highest BCUT2D eigenvalue weighted by Crippen LogP contribution is 2.07. The third-order valence-corrected chi connectivity index (χ3v) is 3.10. The Bertz CT molecular complexity index is 353. The van der Waals surface area contributed by atoms with Crippen LogP contribution in [0.5, 0.6) is 0 Å². The number of pyridine rings is 1. The second kappa shape index (κ2) is 7.53. The van der Waals surface area contributed by atoms with Gasteiger partial charge in [0, 0.05) is 24.6 Å². The van der Waals surface area contributed by atoms with E-state index < -0.39 is 0 Å². The van der Waals surface area contributed by atoms with E-state index in [1.807, 2.05) is 6.26 Å². The summed E-state index contributed by atoms with van der Waals surface area (Å²) in [6.45, 7) is 0.0551. The summed E-state index contributed by atoms with van der Waals surface area (Å²) in [5.74, 6) is 0.522. The highest BCUT2D eigenvalue weighted by molar-refractivity contribution is 7.98. The van der Waals surface area contributed by atoms with Crippen molar-refractivity contribution in [2.24, 2.45) is 0 Å². The van der Waals surface area contributed by atoms with Crippen LogP contribution in [0.2, 0.25) is 5.02 Å². The van der Waals surface area contributed by atoms with Gasteiger partial charge in [-0.15, -0.1) is 0 Å². The molecule has 0 aliphatic carbocycles. The lowest BCUT2D eigenvalue weighted by atomic mass is 10.2. The Morgan fingerprint density at radius 2 is 2.41 bits per heavy atom. The number of carbonyl (C=O) groups excluding carboxylic acids is 1. The van der Waals surface area contributed by atoms with Crippen molar-refractivity contribution in [3.05, 3.63) is 29.0 Å². The Balaban J connectivity index is 2.60. The van der Waals surface area contributed by atoms with Gasteiger partial charge in [0.15, 0.2) is 0 Å². The predicted octanol–water partition coefficient (Wildman–Crippen LogP) is 1.58. The number of aliphatic hydroxyl groups excluding tert-OH is 1. The number of nitrogens with one attached hydrogen (secondary N) is 1. The Kier molecular flexibility index (Phi) is 6.32. The number of halogens is 1. The highest BCUT2D eigenvalue weighted by Gasteiger charge is 2.13. The fourth-order valence-corrected chi connectivity index (χ4v) is 2.09. The molecule has 0 radical (unpaired) electrons. The molecule has 1 atom stereocenters. The fraction of sp³-hybridized carbons (Fsp3) is 0.455. The maximum absolute atomic E-state index is 11.8. The molecule has 0 aromatic carbocycles. The summed E-state index contributed by atoms with van der Waals surface area (Å²) in [4.78, 5) is 15.7. The molecular weight excluding hydrogens is 260 g/mol. The first-order valence-electron chi connectivity index (χ1n) is 5.19. The quantitative estimate of drug-likeness (QED) is 0.827. The molecule has 2 N–H and O–H groups in total. The average Bonchev–Trinajstić information content (AvgIpc) is 2.30. The molecule has 1 rings (SSSR count). The van der Waals surface area contributed by atoms with Gasteiger partial charge in [-0.3, -0.25) is 4.79 Å². The number of carbonyl (C=O) groups is 1. The summed E-state index contributed by atoms with van der Waals surface area (Å²) in [7, 11) is 0. The second-order valence-electron chi connectivity index (χ2n) is 3.50. The van der Waals surface area contributed by atoms with Gasteiger partial charge in [0.2, 0.25) is 0 Å². The minimum Gasteiger partial charge on any atom is -0.396 e.